The minimum Gasteiger partial charge on any atom is -0.395 e. The molecule has 0 saturated carbocycles. The van der Waals surface area contributed by atoms with Crippen LogP contribution >= 0.6 is 0 Å². The van der Waals surface area contributed by atoms with Gasteiger partial charge in [0.25, 0.3) is 0 Å². The Bertz CT molecular complexity index is 811. The number of benzene rings is 2. The third-order valence-corrected chi connectivity index (χ3v) is 3.47. The average Bonchev–Trinajstić information content (AvgIpc) is 2.58. The fourth-order valence-corrected chi connectivity index (χ4v) is 2.43. The molecule has 110 valence electrons. The van der Waals surface area contributed by atoms with Gasteiger partial charge in [-0.1, -0.05) is 60.7 Å². The van der Waals surface area contributed by atoms with E-state index >= 15 is 0 Å². The number of hydrogen-bond donors (Lipinski definition) is 1. The van der Waals surface area contributed by atoms with Crippen molar-refractivity contribution in [3.63, 3.8) is 0 Å². The quantitative estimate of drug-likeness (QED) is 0.804. The zero-order valence-electron chi connectivity index (χ0n) is 12.0. The van der Waals surface area contributed by atoms with E-state index in [0.29, 0.717) is 5.69 Å². The second-order valence-electron chi connectivity index (χ2n) is 4.92. The molecule has 0 aliphatic rings. The molecular formula is C18H16N2O2. The topological polar surface area (TPSA) is 55.1 Å². The highest BCUT2D eigenvalue weighted by Gasteiger charge is 2.11. The Hall–Kier alpha value is -2.72. The van der Waals surface area contributed by atoms with Gasteiger partial charge in [-0.15, -0.1) is 0 Å². The number of aliphatic hydroxyl groups excluding tert-OH is 1. The molecule has 0 saturated heterocycles. The number of aromatic nitrogens is 2. The van der Waals surface area contributed by atoms with Crippen LogP contribution in [0.5, 0.6) is 0 Å². The molecule has 0 aliphatic carbocycles. The van der Waals surface area contributed by atoms with E-state index in [1.165, 1.54) is 4.57 Å². The van der Waals surface area contributed by atoms with E-state index in [0.717, 1.165) is 16.8 Å². The van der Waals surface area contributed by atoms with Crippen molar-refractivity contribution >= 4 is 0 Å². The van der Waals surface area contributed by atoms with Crippen LogP contribution in [-0.2, 0) is 6.54 Å². The van der Waals surface area contributed by atoms with E-state index in [-0.39, 0.29) is 18.8 Å². The Morgan fingerprint density at radius 3 is 2.09 bits per heavy atom. The highest BCUT2D eigenvalue weighted by molar-refractivity contribution is 5.67. The predicted octanol–water partition coefficient (Wildman–Crippen LogP) is 2.57. The first-order valence-electron chi connectivity index (χ1n) is 7.13. The third-order valence-electron chi connectivity index (χ3n) is 3.47. The van der Waals surface area contributed by atoms with Crippen molar-refractivity contribution in [2.45, 2.75) is 6.54 Å². The lowest BCUT2D eigenvalue weighted by molar-refractivity contribution is 0.274. The molecule has 0 radical (unpaired) electrons. The van der Waals surface area contributed by atoms with Crippen LogP contribution in [-0.4, -0.2) is 21.3 Å². The van der Waals surface area contributed by atoms with Gasteiger partial charge >= 0.3 is 5.69 Å². The molecule has 0 bridgehead atoms. The molecule has 2 aromatic carbocycles. The summed E-state index contributed by atoms with van der Waals surface area (Å²) in [5.74, 6) is 0. The first-order chi connectivity index (χ1) is 10.8. The van der Waals surface area contributed by atoms with Crippen molar-refractivity contribution in [1.82, 2.24) is 9.55 Å². The molecule has 0 spiro atoms. The summed E-state index contributed by atoms with van der Waals surface area (Å²) in [4.78, 5) is 16.5. The average molecular weight is 292 g/mol. The first kappa shape index (κ1) is 14.2. The summed E-state index contributed by atoms with van der Waals surface area (Å²) < 4.78 is 1.50. The van der Waals surface area contributed by atoms with Crippen LogP contribution in [0.15, 0.2) is 71.5 Å². The normalized spacial score (nSPS) is 10.6. The van der Waals surface area contributed by atoms with Crippen molar-refractivity contribution in [2.24, 2.45) is 0 Å². The van der Waals surface area contributed by atoms with Crippen molar-refractivity contribution in [2.75, 3.05) is 6.61 Å². The molecule has 0 unspecified atom stereocenters. The number of hydrogen-bond acceptors (Lipinski definition) is 3. The summed E-state index contributed by atoms with van der Waals surface area (Å²) in [6.45, 7) is 0.122. The van der Waals surface area contributed by atoms with Gasteiger partial charge in [0.2, 0.25) is 0 Å². The van der Waals surface area contributed by atoms with E-state index in [1.54, 1.807) is 0 Å². The van der Waals surface area contributed by atoms with Gasteiger partial charge < -0.3 is 5.11 Å². The van der Waals surface area contributed by atoms with Gasteiger partial charge in [-0.2, -0.15) is 4.98 Å². The fraction of sp³-hybridized carbons (Fsp3) is 0.111. The molecule has 4 heteroatoms. The molecule has 0 amide bonds. The summed E-state index contributed by atoms with van der Waals surface area (Å²) in [5, 5.41) is 9.21. The van der Waals surface area contributed by atoms with Gasteiger partial charge in [0, 0.05) is 5.56 Å². The first-order valence-corrected chi connectivity index (χ1v) is 7.13. The van der Waals surface area contributed by atoms with Crippen LogP contribution in [0.4, 0.5) is 0 Å². The summed E-state index contributed by atoms with van der Waals surface area (Å²) in [6, 6.07) is 21.1. The molecular weight excluding hydrogens is 276 g/mol. The van der Waals surface area contributed by atoms with E-state index in [1.807, 2.05) is 66.7 Å². The van der Waals surface area contributed by atoms with Crippen LogP contribution in [0, 0.1) is 0 Å². The van der Waals surface area contributed by atoms with Gasteiger partial charge in [-0.05, 0) is 11.6 Å². The molecule has 3 rings (SSSR count). The Kier molecular flexibility index (Phi) is 4.12. The van der Waals surface area contributed by atoms with Crippen LogP contribution < -0.4 is 5.69 Å². The summed E-state index contributed by atoms with van der Waals surface area (Å²) in [6.07, 6.45) is 0. The Labute approximate surface area is 128 Å². The molecule has 0 atom stereocenters. The lowest BCUT2D eigenvalue weighted by atomic mass is 10.1. The van der Waals surface area contributed by atoms with E-state index in [9.17, 15) is 9.90 Å². The van der Waals surface area contributed by atoms with Gasteiger partial charge in [0.1, 0.15) is 0 Å². The molecule has 22 heavy (non-hydrogen) atoms. The number of rotatable bonds is 4. The zero-order chi connectivity index (χ0) is 15.4. The van der Waals surface area contributed by atoms with E-state index in [2.05, 4.69) is 4.98 Å². The SMILES string of the molecule is O=c1nc(-c2ccccc2)cc(-c2ccccc2)n1CCO. The second-order valence-corrected chi connectivity index (χ2v) is 4.92. The van der Waals surface area contributed by atoms with E-state index in [4.69, 9.17) is 0 Å². The molecule has 0 fully saturated rings. The van der Waals surface area contributed by atoms with Gasteiger partial charge in [-0.25, -0.2) is 4.79 Å². The molecule has 0 aliphatic heterocycles. The molecule has 1 aromatic heterocycles. The molecule has 4 nitrogen and oxygen atoms in total. The maximum atomic E-state index is 12.3. The Morgan fingerprint density at radius 1 is 0.909 bits per heavy atom. The number of nitrogens with zero attached hydrogens (tertiary/aromatic N) is 2. The zero-order valence-corrected chi connectivity index (χ0v) is 12.0. The fourth-order valence-electron chi connectivity index (χ4n) is 2.43. The Balaban J connectivity index is 2.21. The van der Waals surface area contributed by atoms with Crippen molar-refractivity contribution < 1.29 is 5.11 Å². The maximum Gasteiger partial charge on any atom is 0.348 e. The summed E-state index contributed by atoms with van der Waals surface area (Å²) in [7, 11) is 0. The minimum atomic E-state index is -0.353. The highest BCUT2D eigenvalue weighted by Crippen LogP contribution is 2.23. The van der Waals surface area contributed by atoms with Gasteiger partial charge in [0.15, 0.2) is 0 Å². The standard InChI is InChI=1S/C18H16N2O2/c21-12-11-20-17(15-9-5-2-6-10-15)13-16(19-18(20)22)14-7-3-1-4-8-14/h1-10,13,21H,11-12H2. The van der Waals surface area contributed by atoms with Gasteiger partial charge in [0.05, 0.1) is 24.5 Å². The highest BCUT2D eigenvalue weighted by atomic mass is 16.3. The lowest BCUT2D eigenvalue weighted by Crippen LogP contribution is -2.26. The second kappa shape index (κ2) is 6.37. The predicted molar refractivity (Wildman–Crippen MR) is 86.5 cm³/mol. The maximum absolute atomic E-state index is 12.3. The smallest absolute Gasteiger partial charge is 0.348 e. The minimum absolute atomic E-state index is 0.105. The van der Waals surface area contributed by atoms with Crippen LogP contribution in [0.25, 0.3) is 22.5 Å². The molecule has 1 N–H and O–H groups in total. The van der Waals surface area contributed by atoms with Crippen molar-refractivity contribution in [3.05, 3.63) is 77.2 Å². The lowest BCUT2D eigenvalue weighted by Gasteiger charge is -2.13. The number of aliphatic hydroxyl groups is 1. The largest absolute Gasteiger partial charge is 0.395 e. The summed E-state index contributed by atoms with van der Waals surface area (Å²) in [5.41, 5.74) is 2.86. The monoisotopic (exact) mass is 292 g/mol. The van der Waals surface area contributed by atoms with Crippen LogP contribution in [0.1, 0.15) is 0 Å². The van der Waals surface area contributed by atoms with Crippen LogP contribution in [0.2, 0.25) is 0 Å². The van der Waals surface area contributed by atoms with Gasteiger partial charge in [-0.3, -0.25) is 4.57 Å². The van der Waals surface area contributed by atoms with Crippen molar-refractivity contribution in [1.29, 1.82) is 0 Å². The van der Waals surface area contributed by atoms with E-state index < -0.39 is 0 Å². The van der Waals surface area contributed by atoms with Crippen LogP contribution in [0.3, 0.4) is 0 Å². The molecule has 3 aromatic rings. The third kappa shape index (κ3) is 2.82. The summed E-state index contributed by atoms with van der Waals surface area (Å²) >= 11 is 0. The van der Waals surface area contributed by atoms with Crippen molar-refractivity contribution in [3.8, 4) is 22.5 Å². The Morgan fingerprint density at radius 2 is 1.50 bits per heavy atom. The molecule has 1 heterocycles.